The Morgan fingerprint density at radius 1 is 1.00 bits per heavy atom. The summed E-state index contributed by atoms with van der Waals surface area (Å²) >= 11 is 0. The average Bonchev–Trinajstić information content (AvgIpc) is 2.95. The Balaban J connectivity index is 1.62. The number of rotatable bonds is 6. The summed E-state index contributed by atoms with van der Waals surface area (Å²) in [5.41, 5.74) is 5.66. The van der Waals surface area contributed by atoms with Crippen LogP contribution < -0.4 is 10.1 Å². The highest BCUT2D eigenvalue weighted by Crippen LogP contribution is 2.40. The molecular formula is C23H31NO. The number of hydrogen-bond acceptors (Lipinski definition) is 2. The molecule has 2 nitrogen and oxygen atoms in total. The van der Waals surface area contributed by atoms with E-state index in [-0.39, 0.29) is 0 Å². The quantitative estimate of drug-likeness (QED) is 0.668. The van der Waals surface area contributed by atoms with Gasteiger partial charge in [-0.1, -0.05) is 52.0 Å². The molecule has 3 unspecified atom stereocenters. The molecule has 0 fully saturated rings. The predicted octanol–water partition coefficient (Wildman–Crippen LogP) is 6.30. The van der Waals surface area contributed by atoms with E-state index < -0.39 is 0 Å². The minimum absolute atomic E-state index is 0.540. The van der Waals surface area contributed by atoms with Crippen LogP contribution in [0.4, 0.5) is 5.69 Å². The molecule has 1 heterocycles. The van der Waals surface area contributed by atoms with Crippen LogP contribution in [-0.2, 0) is 0 Å². The van der Waals surface area contributed by atoms with Gasteiger partial charge in [0.05, 0.1) is 7.11 Å². The van der Waals surface area contributed by atoms with E-state index in [1.165, 1.54) is 35.2 Å². The maximum absolute atomic E-state index is 5.26. The van der Waals surface area contributed by atoms with Gasteiger partial charge in [-0.05, 0) is 59.6 Å². The van der Waals surface area contributed by atoms with Gasteiger partial charge in [-0.3, -0.25) is 0 Å². The highest BCUT2D eigenvalue weighted by Gasteiger charge is 2.29. The van der Waals surface area contributed by atoms with Crippen molar-refractivity contribution < 1.29 is 4.74 Å². The number of methoxy groups -OCH3 is 1. The first-order chi connectivity index (χ1) is 12.0. The summed E-state index contributed by atoms with van der Waals surface area (Å²) in [6, 6.07) is 16.0. The zero-order chi connectivity index (χ0) is 18.0. The van der Waals surface area contributed by atoms with E-state index in [2.05, 4.69) is 75.5 Å². The Bertz CT molecular complexity index is 705. The van der Waals surface area contributed by atoms with Gasteiger partial charge in [0.15, 0.2) is 0 Å². The van der Waals surface area contributed by atoms with E-state index in [0.29, 0.717) is 23.8 Å². The van der Waals surface area contributed by atoms with Gasteiger partial charge in [0, 0.05) is 17.6 Å². The van der Waals surface area contributed by atoms with Crippen LogP contribution >= 0.6 is 0 Å². The molecule has 1 aliphatic rings. The van der Waals surface area contributed by atoms with Crippen LogP contribution in [0, 0.1) is 0 Å². The highest BCUT2D eigenvalue weighted by molar-refractivity contribution is 5.60. The molecule has 0 bridgehead atoms. The van der Waals surface area contributed by atoms with E-state index in [9.17, 15) is 0 Å². The SMILES string of the molecule is COc1ccc(C(C)CCC2Nc3ccc(C(C)C)cc3C2C)cc1. The van der Waals surface area contributed by atoms with Gasteiger partial charge in [-0.25, -0.2) is 0 Å². The molecule has 1 N–H and O–H groups in total. The second-order valence-corrected chi connectivity index (χ2v) is 7.79. The Kier molecular flexibility index (Phi) is 5.36. The second kappa shape index (κ2) is 7.51. The van der Waals surface area contributed by atoms with Crippen molar-refractivity contribution in [2.45, 2.75) is 64.3 Å². The smallest absolute Gasteiger partial charge is 0.118 e. The summed E-state index contributed by atoms with van der Waals surface area (Å²) in [7, 11) is 1.72. The number of anilines is 1. The molecule has 2 heteroatoms. The summed E-state index contributed by atoms with van der Waals surface area (Å²) in [6.07, 6.45) is 2.39. The van der Waals surface area contributed by atoms with Gasteiger partial charge in [0.1, 0.15) is 5.75 Å². The molecule has 0 radical (unpaired) electrons. The van der Waals surface area contributed by atoms with Crippen molar-refractivity contribution in [3.63, 3.8) is 0 Å². The fourth-order valence-corrected chi connectivity index (χ4v) is 3.84. The van der Waals surface area contributed by atoms with Crippen LogP contribution in [0.1, 0.15) is 75.0 Å². The normalized spacial score (nSPS) is 20.2. The molecule has 25 heavy (non-hydrogen) atoms. The lowest BCUT2D eigenvalue weighted by Crippen LogP contribution is -2.19. The van der Waals surface area contributed by atoms with Gasteiger partial charge in [0.25, 0.3) is 0 Å². The summed E-state index contributed by atoms with van der Waals surface area (Å²) in [4.78, 5) is 0. The number of benzene rings is 2. The summed E-state index contributed by atoms with van der Waals surface area (Å²) in [6.45, 7) is 9.22. The van der Waals surface area contributed by atoms with Gasteiger partial charge >= 0.3 is 0 Å². The minimum atomic E-state index is 0.540. The van der Waals surface area contributed by atoms with Crippen LogP contribution in [0.3, 0.4) is 0 Å². The number of hydrogen-bond donors (Lipinski definition) is 1. The molecule has 2 aromatic carbocycles. The van der Waals surface area contributed by atoms with Crippen molar-refractivity contribution in [2.75, 3.05) is 12.4 Å². The van der Waals surface area contributed by atoms with Gasteiger partial charge in [-0.2, -0.15) is 0 Å². The lowest BCUT2D eigenvalue weighted by Gasteiger charge is -2.20. The largest absolute Gasteiger partial charge is 0.497 e. The average molecular weight is 338 g/mol. The number of ether oxygens (including phenoxy) is 1. The Labute approximate surface area is 152 Å². The standard InChI is InChI=1S/C23H31NO/c1-15(2)19-9-13-23-21(14-19)17(4)22(24-23)12-6-16(3)18-7-10-20(25-5)11-8-18/h7-11,13-17,22,24H,6,12H2,1-5H3. The van der Waals surface area contributed by atoms with Crippen molar-refractivity contribution in [3.8, 4) is 5.75 Å². The van der Waals surface area contributed by atoms with E-state index in [1.54, 1.807) is 7.11 Å². The molecule has 0 saturated heterocycles. The van der Waals surface area contributed by atoms with E-state index in [4.69, 9.17) is 4.74 Å². The first kappa shape index (κ1) is 17.8. The molecular weight excluding hydrogens is 306 g/mol. The Morgan fingerprint density at radius 3 is 2.32 bits per heavy atom. The van der Waals surface area contributed by atoms with Crippen LogP contribution in [0.15, 0.2) is 42.5 Å². The van der Waals surface area contributed by atoms with Crippen LogP contribution in [0.25, 0.3) is 0 Å². The molecule has 134 valence electrons. The van der Waals surface area contributed by atoms with Gasteiger partial charge in [0.2, 0.25) is 0 Å². The van der Waals surface area contributed by atoms with Crippen LogP contribution in [-0.4, -0.2) is 13.2 Å². The van der Waals surface area contributed by atoms with E-state index in [1.807, 2.05) is 0 Å². The molecule has 0 spiro atoms. The van der Waals surface area contributed by atoms with Crippen molar-refractivity contribution in [1.82, 2.24) is 0 Å². The Hall–Kier alpha value is -1.96. The maximum atomic E-state index is 5.26. The van der Waals surface area contributed by atoms with E-state index >= 15 is 0 Å². The first-order valence-corrected chi connectivity index (χ1v) is 9.54. The van der Waals surface area contributed by atoms with Crippen molar-refractivity contribution >= 4 is 5.69 Å². The fourth-order valence-electron chi connectivity index (χ4n) is 3.84. The molecule has 2 aromatic rings. The molecule has 3 rings (SSSR count). The molecule has 1 aliphatic heterocycles. The van der Waals surface area contributed by atoms with Crippen molar-refractivity contribution in [1.29, 1.82) is 0 Å². The van der Waals surface area contributed by atoms with Gasteiger partial charge in [-0.15, -0.1) is 0 Å². The number of nitrogens with one attached hydrogen (secondary N) is 1. The zero-order valence-electron chi connectivity index (χ0n) is 16.2. The van der Waals surface area contributed by atoms with Crippen LogP contribution in [0.5, 0.6) is 5.75 Å². The minimum Gasteiger partial charge on any atom is -0.497 e. The number of fused-ring (bicyclic) bond motifs is 1. The highest BCUT2D eigenvalue weighted by atomic mass is 16.5. The lowest BCUT2D eigenvalue weighted by atomic mass is 9.88. The van der Waals surface area contributed by atoms with Crippen LogP contribution in [0.2, 0.25) is 0 Å². The summed E-state index contributed by atoms with van der Waals surface area (Å²) in [5.74, 6) is 2.66. The second-order valence-electron chi connectivity index (χ2n) is 7.79. The van der Waals surface area contributed by atoms with Crippen molar-refractivity contribution in [3.05, 3.63) is 59.2 Å². The van der Waals surface area contributed by atoms with Gasteiger partial charge < -0.3 is 10.1 Å². The monoisotopic (exact) mass is 337 g/mol. The molecule has 3 atom stereocenters. The third-order valence-electron chi connectivity index (χ3n) is 5.77. The topological polar surface area (TPSA) is 21.3 Å². The molecule has 0 aromatic heterocycles. The molecule has 0 saturated carbocycles. The zero-order valence-corrected chi connectivity index (χ0v) is 16.2. The van der Waals surface area contributed by atoms with Crippen molar-refractivity contribution in [2.24, 2.45) is 0 Å². The lowest BCUT2D eigenvalue weighted by molar-refractivity contribution is 0.414. The third kappa shape index (κ3) is 3.84. The Morgan fingerprint density at radius 2 is 1.68 bits per heavy atom. The summed E-state index contributed by atoms with van der Waals surface area (Å²) in [5, 5.41) is 3.76. The molecule has 0 aliphatic carbocycles. The molecule has 0 amide bonds. The third-order valence-corrected chi connectivity index (χ3v) is 5.77. The first-order valence-electron chi connectivity index (χ1n) is 9.54. The predicted molar refractivity (Wildman–Crippen MR) is 107 cm³/mol. The fraction of sp³-hybridized carbons (Fsp3) is 0.478. The maximum Gasteiger partial charge on any atom is 0.118 e. The van der Waals surface area contributed by atoms with E-state index in [0.717, 1.165) is 5.75 Å². The summed E-state index contributed by atoms with van der Waals surface area (Å²) < 4.78 is 5.26.